The van der Waals surface area contributed by atoms with E-state index in [4.69, 9.17) is 9.47 Å². The fourth-order valence-electron chi connectivity index (χ4n) is 2.27. The molecule has 150 valence electrons. The Labute approximate surface area is 173 Å². The van der Waals surface area contributed by atoms with Gasteiger partial charge in [-0.2, -0.15) is 0 Å². The first-order valence-electron chi connectivity index (χ1n) is 8.34. The van der Waals surface area contributed by atoms with Gasteiger partial charge in [0, 0.05) is 43.7 Å². The molecule has 27 heavy (non-hydrogen) atoms. The number of aromatic nitrogens is 1. The van der Waals surface area contributed by atoms with Crippen LogP contribution in [0.3, 0.4) is 0 Å². The Morgan fingerprint density at radius 2 is 1.96 bits per heavy atom. The maximum Gasteiger partial charge on any atom is 0.253 e. The van der Waals surface area contributed by atoms with Crippen LogP contribution in [0.15, 0.2) is 42.7 Å². The van der Waals surface area contributed by atoms with Gasteiger partial charge in [0.25, 0.3) is 5.91 Å². The first kappa shape index (κ1) is 25.0. The molecule has 0 bridgehead atoms. The van der Waals surface area contributed by atoms with Crippen LogP contribution in [0.25, 0.3) is 0 Å². The van der Waals surface area contributed by atoms with Crippen LogP contribution in [0.2, 0.25) is 0 Å². The number of nitrogens with one attached hydrogen (secondary N) is 1. The number of carbonyl (C=O) groups excluding carboxylic acids is 1. The Morgan fingerprint density at radius 1 is 1.19 bits per heavy atom. The molecule has 0 radical (unpaired) electrons. The van der Waals surface area contributed by atoms with E-state index in [-0.39, 0.29) is 30.7 Å². The van der Waals surface area contributed by atoms with E-state index in [0.717, 1.165) is 12.1 Å². The summed E-state index contributed by atoms with van der Waals surface area (Å²) in [5.74, 6) is 1.13. The molecule has 1 N–H and O–H groups in total. The number of halogens is 2. The van der Waals surface area contributed by atoms with Crippen molar-refractivity contribution in [3.8, 4) is 11.5 Å². The van der Waals surface area contributed by atoms with E-state index in [0.29, 0.717) is 36.8 Å². The second-order valence-corrected chi connectivity index (χ2v) is 5.57. The Kier molecular flexibility index (Phi) is 12.2. The van der Waals surface area contributed by atoms with Crippen molar-refractivity contribution in [2.24, 2.45) is 0 Å². The summed E-state index contributed by atoms with van der Waals surface area (Å²) in [5, 5.41) is 3.03. The van der Waals surface area contributed by atoms with Crippen molar-refractivity contribution in [3.63, 3.8) is 0 Å². The van der Waals surface area contributed by atoms with Gasteiger partial charge in [0.2, 0.25) is 0 Å². The van der Waals surface area contributed by atoms with Crippen LogP contribution < -0.4 is 14.8 Å². The zero-order valence-corrected chi connectivity index (χ0v) is 17.4. The van der Waals surface area contributed by atoms with Crippen LogP contribution in [-0.2, 0) is 6.61 Å². The Morgan fingerprint density at radius 3 is 2.59 bits per heavy atom. The van der Waals surface area contributed by atoms with Gasteiger partial charge in [0.05, 0.1) is 6.61 Å². The van der Waals surface area contributed by atoms with Crippen molar-refractivity contribution < 1.29 is 14.3 Å². The minimum atomic E-state index is -0.0463. The quantitative estimate of drug-likeness (QED) is 0.680. The molecule has 0 saturated carbocycles. The molecule has 0 aliphatic carbocycles. The van der Waals surface area contributed by atoms with Crippen molar-refractivity contribution in [2.75, 3.05) is 33.8 Å². The highest BCUT2D eigenvalue weighted by Crippen LogP contribution is 2.29. The van der Waals surface area contributed by atoms with Crippen molar-refractivity contribution in [3.05, 3.63) is 53.9 Å². The number of ether oxygens (including phenoxy) is 2. The number of amides is 1. The minimum absolute atomic E-state index is 0. The smallest absolute Gasteiger partial charge is 0.253 e. The first-order chi connectivity index (χ1) is 12.2. The second kappa shape index (κ2) is 13.2. The van der Waals surface area contributed by atoms with E-state index >= 15 is 0 Å². The molecule has 0 fully saturated rings. The molecule has 1 aromatic carbocycles. The van der Waals surface area contributed by atoms with Gasteiger partial charge >= 0.3 is 0 Å². The Bertz CT molecular complexity index is 687. The number of benzene rings is 1. The number of carbonyl (C=O) groups is 1. The molecule has 0 aliphatic rings. The topological polar surface area (TPSA) is 63.7 Å². The lowest BCUT2D eigenvalue weighted by atomic mass is 10.1. The zero-order chi connectivity index (χ0) is 18.1. The van der Waals surface area contributed by atoms with Crippen LogP contribution in [0, 0.1) is 0 Å². The third kappa shape index (κ3) is 7.62. The van der Waals surface area contributed by atoms with Crippen LogP contribution in [-0.4, -0.2) is 49.6 Å². The molecule has 2 aromatic rings. The van der Waals surface area contributed by atoms with Crippen molar-refractivity contribution >= 4 is 30.7 Å². The maximum absolute atomic E-state index is 12.5. The molecule has 1 aromatic heterocycles. The highest BCUT2D eigenvalue weighted by molar-refractivity contribution is 5.94. The van der Waals surface area contributed by atoms with Gasteiger partial charge < -0.3 is 19.7 Å². The lowest BCUT2D eigenvalue weighted by Crippen LogP contribution is -2.32. The number of likely N-dealkylation sites (N-methyl/N-ethyl adjacent to an activating group) is 2. The molecular weight excluding hydrogens is 389 g/mol. The summed E-state index contributed by atoms with van der Waals surface area (Å²) >= 11 is 0. The molecule has 0 atom stereocenters. The average Bonchev–Trinajstić information content (AvgIpc) is 2.65. The van der Waals surface area contributed by atoms with Gasteiger partial charge in [0.1, 0.15) is 6.61 Å². The monoisotopic (exact) mass is 415 g/mol. The predicted octanol–water partition coefficient (Wildman–Crippen LogP) is 3.19. The molecular formula is C19H27Cl2N3O3. The summed E-state index contributed by atoms with van der Waals surface area (Å²) in [7, 11) is 3.65. The summed E-state index contributed by atoms with van der Waals surface area (Å²) in [5.41, 5.74) is 1.55. The lowest BCUT2D eigenvalue weighted by Gasteiger charge is -2.18. The second-order valence-electron chi connectivity index (χ2n) is 5.57. The third-order valence-corrected chi connectivity index (χ3v) is 3.65. The fraction of sp³-hybridized carbons (Fsp3) is 0.368. The SMILES string of the molecule is CCOc1cc(C(=O)N(C)CCNC)ccc1OCc1cccnc1.Cl.Cl. The predicted molar refractivity (Wildman–Crippen MR) is 112 cm³/mol. The average molecular weight is 416 g/mol. The van der Waals surface area contributed by atoms with Crippen LogP contribution in [0.5, 0.6) is 11.5 Å². The molecule has 2 rings (SSSR count). The third-order valence-electron chi connectivity index (χ3n) is 3.65. The van der Waals surface area contributed by atoms with Gasteiger partial charge in [-0.3, -0.25) is 9.78 Å². The number of pyridine rings is 1. The van der Waals surface area contributed by atoms with Crippen molar-refractivity contribution in [2.45, 2.75) is 13.5 Å². The molecule has 0 spiro atoms. The summed E-state index contributed by atoms with van der Waals surface area (Å²) < 4.78 is 11.5. The van der Waals surface area contributed by atoms with Gasteiger partial charge in [0.15, 0.2) is 11.5 Å². The van der Waals surface area contributed by atoms with E-state index in [9.17, 15) is 4.79 Å². The molecule has 1 heterocycles. The van der Waals surface area contributed by atoms with Crippen LogP contribution in [0.1, 0.15) is 22.8 Å². The van der Waals surface area contributed by atoms with E-state index in [2.05, 4.69) is 10.3 Å². The van der Waals surface area contributed by atoms with E-state index in [1.807, 2.05) is 26.1 Å². The molecule has 8 heteroatoms. The number of hydrogen-bond donors (Lipinski definition) is 1. The van der Waals surface area contributed by atoms with Crippen molar-refractivity contribution in [1.29, 1.82) is 0 Å². The molecule has 0 saturated heterocycles. The zero-order valence-electron chi connectivity index (χ0n) is 15.8. The van der Waals surface area contributed by atoms with Crippen LogP contribution >= 0.6 is 24.8 Å². The van der Waals surface area contributed by atoms with E-state index in [1.165, 1.54) is 0 Å². The highest BCUT2D eigenvalue weighted by Gasteiger charge is 2.15. The molecule has 0 unspecified atom stereocenters. The molecule has 0 aliphatic heterocycles. The summed E-state index contributed by atoms with van der Waals surface area (Å²) in [6, 6.07) is 9.09. The Hall–Kier alpha value is -2.02. The van der Waals surface area contributed by atoms with E-state index in [1.54, 1.807) is 42.5 Å². The first-order valence-corrected chi connectivity index (χ1v) is 8.34. The van der Waals surface area contributed by atoms with Crippen LogP contribution in [0.4, 0.5) is 0 Å². The summed E-state index contributed by atoms with van der Waals surface area (Å²) in [6.07, 6.45) is 3.48. The lowest BCUT2D eigenvalue weighted by molar-refractivity contribution is 0.0796. The standard InChI is InChI=1S/C19H25N3O3.2ClH/c1-4-24-18-12-16(19(23)22(3)11-10-20-2)7-8-17(18)25-14-15-6-5-9-21-13-15;;/h5-9,12-13,20H,4,10-11,14H2,1-3H3;2*1H. The largest absolute Gasteiger partial charge is 0.490 e. The summed E-state index contributed by atoms with van der Waals surface area (Å²) in [4.78, 5) is 18.2. The highest BCUT2D eigenvalue weighted by atomic mass is 35.5. The molecule has 1 amide bonds. The van der Waals surface area contributed by atoms with Gasteiger partial charge in [-0.25, -0.2) is 0 Å². The van der Waals surface area contributed by atoms with Crippen molar-refractivity contribution in [1.82, 2.24) is 15.2 Å². The van der Waals surface area contributed by atoms with Gasteiger partial charge in [-0.1, -0.05) is 6.07 Å². The Balaban J connectivity index is 0.00000338. The van der Waals surface area contributed by atoms with E-state index < -0.39 is 0 Å². The minimum Gasteiger partial charge on any atom is -0.490 e. The van der Waals surface area contributed by atoms with Gasteiger partial charge in [-0.15, -0.1) is 24.8 Å². The maximum atomic E-state index is 12.5. The normalized spacial score (nSPS) is 9.59. The summed E-state index contributed by atoms with van der Waals surface area (Å²) in [6.45, 7) is 4.17. The number of nitrogens with zero attached hydrogens (tertiary/aromatic N) is 2. The number of rotatable bonds is 9. The number of hydrogen-bond acceptors (Lipinski definition) is 5. The fourth-order valence-corrected chi connectivity index (χ4v) is 2.27. The molecule has 6 nitrogen and oxygen atoms in total. The van der Waals surface area contributed by atoms with Gasteiger partial charge in [-0.05, 0) is 38.2 Å².